The Labute approximate surface area is 106 Å². The van der Waals surface area contributed by atoms with E-state index < -0.39 is 0 Å². The minimum atomic E-state index is 0.710. The number of hydrogen-bond acceptors (Lipinski definition) is 2. The molecule has 0 bridgehead atoms. The maximum atomic E-state index is 8.98. The Morgan fingerprint density at radius 1 is 1.24 bits per heavy atom. The van der Waals surface area contributed by atoms with Crippen LogP contribution in [0.2, 0.25) is 0 Å². The van der Waals surface area contributed by atoms with Crippen LogP contribution in [0.4, 0.5) is 0 Å². The third-order valence-electron chi connectivity index (χ3n) is 2.56. The van der Waals surface area contributed by atoms with Gasteiger partial charge < -0.3 is 4.57 Å². The summed E-state index contributed by atoms with van der Waals surface area (Å²) in [5.41, 5.74) is 1.98. The van der Waals surface area contributed by atoms with Gasteiger partial charge in [-0.05, 0) is 29.5 Å². The molecule has 0 amide bonds. The number of nitrogens with zero attached hydrogens (tertiary/aromatic N) is 2. The lowest BCUT2D eigenvalue weighted by molar-refractivity contribution is 0.780. The number of aromatic nitrogens is 1. The molecule has 1 heterocycles. The van der Waals surface area contributed by atoms with Crippen LogP contribution in [0.5, 0.6) is 0 Å². The number of nitriles is 1. The first-order valence-electron chi connectivity index (χ1n) is 5.61. The van der Waals surface area contributed by atoms with Gasteiger partial charge in [-0.3, -0.25) is 0 Å². The smallest absolute Gasteiger partial charge is 0.120 e. The molecule has 0 radical (unpaired) electrons. The largest absolute Gasteiger partial charge is 0.335 e. The van der Waals surface area contributed by atoms with Gasteiger partial charge in [0.1, 0.15) is 11.8 Å². The summed E-state index contributed by atoms with van der Waals surface area (Å²) >= 11 is 1.84. The van der Waals surface area contributed by atoms with Crippen LogP contribution < -0.4 is 0 Å². The molecular weight excluding hydrogens is 228 g/mol. The average Bonchev–Trinajstić information content (AvgIpc) is 2.79. The van der Waals surface area contributed by atoms with Crippen molar-refractivity contribution in [2.45, 2.75) is 18.4 Å². The fourth-order valence-electron chi connectivity index (χ4n) is 1.77. The lowest BCUT2D eigenvalue weighted by atomic mass is 10.2. The third-order valence-corrected chi connectivity index (χ3v) is 3.56. The maximum Gasteiger partial charge on any atom is 0.120 e. The van der Waals surface area contributed by atoms with Gasteiger partial charge in [0.25, 0.3) is 0 Å². The first-order valence-corrected chi connectivity index (χ1v) is 6.59. The molecule has 2 aromatic rings. The minimum Gasteiger partial charge on any atom is -0.335 e. The highest BCUT2D eigenvalue weighted by Gasteiger charge is 2.04. The van der Waals surface area contributed by atoms with Crippen LogP contribution in [0.3, 0.4) is 0 Å². The zero-order valence-corrected chi connectivity index (χ0v) is 10.6. The second kappa shape index (κ2) is 5.60. The van der Waals surface area contributed by atoms with Crippen molar-refractivity contribution in [2.24, 2.45) is 0 Å². The van der Waals surface area contributed by atoms with Gasteiger partial charge in [0.15, 0.2) is 0 Å². The van der Waals surface area contributed by atoms with Gasteiger partial charge >= 0.3 is 0 Å². The molecule has 1 aromatic carbocycles. The number of rotatable bonds is 4. The number of benzene rings is 1. The summed E-state index contributed by atoms with van der Waals surface area (Å²) in [5, 5.41) is 8.98. The summed E-state index contributed by atoms with van der Waals surface area (Å²) in [4.78, 5) is 1.30. The Balaban J connectivity index is 2.27. The van der Waals surface area contributed by atoms with Crippen LogP contribution in [-0.4, -0.2) is 10.3 Å². The summed E-state index contributed by atoms with van der Waals surface area (Å²) in [6.45, 7) is 2.91. The molecular formula is C14H14N2S. The van der Waals surface area contributed by atoms with E-state index in [1.807, 2.05) is 40.7 Å². The predicted octanol–water partition coefficient (Wildman–Crippen LogP) is 3.52. The van der Waals surface area contributed by atoms with Gasteiger partial charge in [-0.2, -0.15) is 5.26 Å². The number of thioether (sulfide) groups is 1. The molecule has 17 heavy (non-hydrogen) atoms. The second-order valence-corrected chi connectivity index (χ2v) is 4.98. The van der Waals surface area contributed by atoms with E-state index in [4.69, 9.17) is 5.26 Å². The summed E-state index contributed by atoms with van der Waals surface area (Å²) in [6.07, 6.45) is 1.95. The Morgan fingerprint density at radius 3 is 2.82 bits per heavy atom. The molecule has 0 fully saturated rings. The van der Waals surface area contributed by atoms with E-state index in [-0.39, 0.29) is 0 Å². The van der Waals surface area contributed by atoms with Crippen molar-refractivity contribution in [3.8, 4) is 6.07 Å². The van der Waals surface area contributed by atoms with E-state index in [2.05, 4.69) is 31.2 Å². The van der Waals surface area contributed by atoms with Crippen LogP contribution >= 0.6 is 11.8 Å². The van der Waals surface area contributed by atoms with Gasteiger partial charge in [-0.15, -0.1) is 11.8 Å². The normalized spacial score (nSPS) is 10.1. The molecule has 0 spiro atoms. The highest BCUT2D eigenvalue weighted by molar-refractivity contribution is 7.99. The SMILES string of the molecule is CCSc1ccccc1Cn1cccc1C#N. The zero-order chi connectivity index (χ0) is 12.1. The summed E-state index contributed by atoms with van der Waals surface area (Å²) in [5.74, 6) is 1.06. The van der Waals surface area contributed by atoms with Crippen LogP contribution in [0, 0.1) is 11.3 Å². The number of hydrogen-bond donors (Lipinski definition) is 0. The standard InChI is InChI=1S/C14H14N2S/c1-2-17-14-8-4-3-6-12(14)11-16-9-5-7-13(16)10-15/h3-9H,2,11H2,1H3. The van der Waals surface area contributed by atoms with Crippen molar-refractivity contribution < 1.29 is 0 Å². The first kappa shape index (κ1) is 11.8. The van der Waals surface area contributed by atoms with Crippen molar-refractivity contribution in [1.82, 2.24) is 4.57 Å². The van der Waals surface area contributed by atoms with Crippen LogP contribution in [0.1, 0.15) is 18.2 Å². The Morgan fingerprint density at radius 2 is 2.06 bits per heavy atom. The van der Waals surface area contributed by atoms with Crippen molar-refractivity contribution >= 4 is 11.8 Å². The van der Waals surface area contributed by atoms with E-state index in [0.29, 0.717) is 5.69 Å². The summed E-state index contributed by atoms with van der Waals surface area (Å²) in [6, 6.07) is 14.3. The average molecular weight is 242 g/mol. The maximum absolute atomic E-state index is 8.98. The van der Waals surface area contributed by atoms with E-state index in [1.54, 1.807) is 0 Å². The second-order valence-electron chi connectivity index (χ2n) is 3.67. The fraction of sp³-hybridized carbons (Fsp3) is 0.214. The van der Waals surface area contributed by atoms with Crippen molar-refractivity contribution in [2.75, 3.05) is 5.75 Å². The Bertz CT molecular complexity index is 537. The highest BCUT2D eigenvalue weighted by Crippen LogP contribution is 2.23. The van der Waals surface area contributed by atoms with Crippen molar-refractivity contribution in [3.63, 3.8) is 0 Å². The lowest BCUT2D eigenvalue weighted by Gasteiger charge is -2.09. The molecule has 0 saturated carbocycles. The zero-order valence-electron chi connectivity index (χ0n) is 9.76. The van der Waals surface area contributed by atoms with Gasteiger partial charge in [0.2, 0.25) is 0 Å². The first-order chi connectivity index (χ1) is 8.35. The van der Waals surface area contributed by atoms with Gasteiger partial charge in [0.05, 0.1) is 0 Å². The van der Waals surface area contributed by atoms with Crippen LogP contribution in [-0.2, 0) is 6.54 Å². The molecule has 2 nitrogen and oxygen atoms in total. The topological polar surface area (TPSA) is 28.7 Å². The molecule has 0 aliphatic rings. The van der Waals surface area contributed by atoms with Crippen molar-refractivity contribution in [1.29, 1.82) is 5.26 Å². The Kier molecular flexibility index (Phi) is 3.89. The molecule has 0 saturated heterocycles. The van der Waals surface area contributed by atoms with Gasteiger partial charge in [-0.1, -0.05) is 25.1 Å². The van der Waals surface area contributed by atoms with E-state index >= 15 is 0 Å². The lowest BCUT2D eigenvalue weighted by Crippen LogP contribution is -2.01. The molecule has 3 heteroatoms. The van der Waals surface area contributed by atoms with Crippen LogP contribution in [0.15, 0.2) is 47.5 Å². The van der Waals surface area contributed by atoms with Crippen LogP contribution in [0.25, 0.3) is 0 Å². The molecule has 0 unspecified atom stereocenters. The van der Waals surface area contributed by atoms with E-state index in [9.17, 15) is 0 Å². The highest BCUT2D eigenvalue weighted by atomic mass is 32.2. The quantitative estimate of drug-likeness (QED) is 0.767. The third kappa shape index (κ3) is 2.72. The predicted molar refractivity (Wildman–Crippen MR) is 71.1 cm³/mol. The summed E-state index contributed by atoms with van der Waals surface area (Å²) in [7, 11) is 0. The molecule has 0 aliphatic heterocycles. The molecule has 1 aromatic heterocycles. The molecule has 0 atom stereocenters. The van der Waals surface area contributed by atoms with Gasteiger partial charge in [-0.25, -0.2) is 0 Å². The monoisotopic (exact) mass is 242 g/mol. The molecule has 0 N–H and O–H groups in total. The van der Waals surface area contributed by atoms with E-state index in [0.717, 1.165) is 12.3 Å². The molecule has 2 rings (SSSR count). The molecule has 86 valence electrons. The summed E-state index contributed by atoms with van der Waals surface area (Å²) < 4.78 is 1.98. The van der Waals surface area contributed by atoms with E-state index in [1.165, 1.54) is 10.5 Å². The minimum absolute atomic E-state index is 0.710. The Hall–Kier alpha value is -1.66. The molecule has 0 aliphatic carbocycles. The fourth-order valence-corrected chi connectivity index (χ4v) is 2.57. The van der Waals surface area contributed by atoms with Crippen molar-refractivity contribution in [3.05, 3.63) is 53.9 Å². The van der Waals surface area contributed by atoms with Gasteiger partial charge in [0, 0.05) is 17.6 Å².